The zero-order chi connectivity index (χ0) is 19.5. The first-order chi connectivity index (χ1) is 13.6. The number of para-hydroxylation sites is 1. The standard InChI is InChI=1S/C23H18BrNO3/c1-15-20-13-17(24)9-12-21(20)28-22(15)23(26)25-14-16-7-10-19(11-8-16)27-18-5-3-2-4-6-18/h2-13H,14H2,1H3,(H,25,26). The molecule has 5 heteroatoms. The molecule has 0 atom stereocenters. The Morgan fingerprint density at radius 2 is 1.71 bits per heavy atom. The second kappa shape index (κ2) is 7.90. The van der Waals surface area contributed by atoms with Crippen LogP contribution < -0.4 is 10.1 Å². The Morgan fingerprint density at radius 3 is 2.46 bits per heavy atom. The lowest BCUT2D eigenvalue weighted by molar-refractivity contribution is 0.0924. The molecular formula is C23H18BrNO3. The highest BCUT2D eigenvalue weighted by molar-refractivity contribution is 9.10. The van der Waals surface area contributed by atoms with E-state index in [0.29, 0.717) is 17.9 Å². The molecule has 1 amide bonds. The van der Waals surface area contributed by atoms with E-state index in [1.54, 1.807) is 0 Å². The van der Waals surface area contributed by atoms with Gasteiger partial charge >= 0.3 is 0 Å². The van der Waals surface area contributed by atoms with Gasteiger partial charge in [-0.2, -0.15) is 0 Å². The number of ether oxygens (including phenoxy) is 1. The van der Waals surface area contributed by atoms with Crippen molar-refractivity contribution < 1.29 is 13.9 Å². The Balaban J connectivity index is 1.41. The fraction of sp³-hybridized carbons (Fsp3) is 0.0870. The maximum atomic E-state index is 12.6. The van der Waals surface area contributed by atoms with Crippen LogP contribution in [0.3, 0.4) is 0 Å². The Bertz CT molecular complexity index is 1120. The summed E-state index contributed by atoms with van der Waals surface area (Å²) in [5, 5.41) is 3.85. The zero-order valence-electron chi connectivity index (χ0n) is 15.2. The molecule has 1 aromatic heterocycles. The largest absolute Gasteiger partial charge is 0.457 e. The minimum Gasteiger partial charge on any atom is -0.457 e. The van der Waals surface area contributed by atoms with Gasteiger partial charge in [-0.15, -0.1) is 0 Å². The van der Waals surface area contributed by atoms with Gasteiger partial charge in [0.1, 0.15) is 17.1 Å². The summed E-state index contributed by atoms with van der Waals surface area (Å²) >= 11 is 3.45. The summed E-state index contributed by atoms with van der Waals surface area (Å²) in [6.45, 7) is 2.30. The normalized spacial score (nSPS) is 10.8. The van der Waals surface area contributed by atoms with Crippen molar-refractivity contribution in [2.24, 2.45) is 0 Å². The number of carbonyl (C=O) groups is 1. The molecule has 4 aromatic rings. The van der Waals surface area contributed by atoms with Crippen LogP contribution in [0.5, 0.6) is 11.5 Å². The molecule has 140 valence electrons. The number of nitrogens with one attached hydrogen (secondary N) is 1. The van der Waals surface area contributed by atoms with Crippen LogP contribution in [0.2, 0.25) is 0 Å². The van der Waals surface area contributed by atoms with Gasteiger partial charge in [0.15, 0.2) is 5.76 Å². The Labute approximate surface area is 171 Å². The summed E-state index contributed by atoms with van der Waals surface area (Å²) in [6.07, 6.45) is 0. The SMILES string of the molecule is Cc1c(C(=O)NCc2ccc(Oc3ccccc3)cc2)oc2ccc(Br)cc12. The molecule has 0 aliphatic carbocycles. The Morgan fingerprint density at radius 1 is 1.00 bits per heavy atom. The van der Waals surface area contributed by atoms with Gasteiger partial charge in [0.2, 0.25) is 0 Å². The minimum atomic E-state index is -0.227. The summed E-state index contributed by atoms with van der Waals surface area (Å²) < 4.78 is 12.5. The van der Waals surface area contributed by atoms with Crippen molar-refractivity contribution in [3.63, 3.8) is 0 Å². The Kier molecular flexibility index (Phi) is 5.17. The number of halogens is 1. The quantitative estimate of drug-likeness (QED) is 0.404. The van der Waals surface area contributed by atoms with E-state index in [4.69, 9.17) is 9.15 Å². The molecule has 4 rings (SSSR count). The number of benzene rings is 3. The van der Waals surface area contributed by atoms with Crippen molar-refractivity contribution >= 4 is 32.8 Å². The number of carbonyl (C=O) groups excluding carboxylic acids is 1. The lowest BCUT2D eigenvalue weighted by Gasteiger charge is -2.07. The number of furan rings is 1. The van der Waals surface area contributed by atoms with Gasteiger partial charge in [-0.3, -0.25) is 4.79 Å². The fourth-order valence-corrected chi connectivity index (χ4v) is 3.33. The topological polar surface area (TPSA) is 51.5 Å². The number of hydrogen-bond acceptors (Lipinski definition) is 3. The Hall–Kier alpha value is -3.05. The van der Waals surface area contributed by atoms with E-state index in [-0.39, 0.29) is 5.91 Å². The van der Waals surface area contributed by atoms with Crippen molar-refractivity contribution in [1.29, 1.82) is 0 Å². The van der Waals surface area contributed by atoms with Crippen LogP contribution in [0.25, 0.3) is 11.0 Å². The van der Waals surface area contributed by atoms with Crippen LogP contribution in [0, 0.1) is 6.92 Å². The average Bonchev–Trinajstić information content (AvgIpc) is 3.04. The number of amides is 1. The van der Waals surface area contributed by atoms with Gasteiger partial charge in [0.25, 0.3) is 5.91 Å². The van der Waals surface area contributed by atoms with Crippen molar-refractivity contribution in [2.45, 2.75) is 13.5 Å². The first-order valence-corrected chi connectivity index (χ1v) is 9.68. The molecular weight excluding hydrogens is 418 g/mol. The first-order valence-electron chi connectivity index (χ1n) is 8.89. The van der Waals surface area contributed by atoms with Crippen molar-refractivity contribution in [2.75, 3.05) is 0 Å². The van der Waals surface area contributed by atoms with E-state index < -0.39 is 0 Å². The van der Waals surface area contributed by atoms with Crippen LogP contribution >= 0.6 is 15.9 Å². The van der Waals surface area contributed by atoms with Crippen molar-refractivity contribution in [3.8, 4) is 11.5 Å². The predicted molar refractivity (Wildman–Crippen MR) is 113 cm³/mol. The van der Waals surface area contributed by atoms with Gasteiger partial charge < -0.3 is 14.5 Å². The third-order valence-electron chi connectivity index (χ3n) is 4.46. The van der Waals surface area contributed by atoms with Crippen molar-refractivity contribution in [1.82, 2.24) is 5.32 Å². The molecule has 0 spiro atoms. The third kappa shape index (κ3) is 3.94. The van der Waals surface area contributed by atoms with Crippen LogP contribution in [-0.2, 0) is 6.54 Å². The predicted octanol–water partition coefficient (Wildman–Crippen LogP) is 6.23. The minimum absolute atomic E-state index is 0.227. The second-order valence-corrected chi connectivity index (χ2v) is 7.35. The molecule has 28 heavy (non-hydrogen) atoms. The molecule has 0 aliphatic rings. The van der Waals surface area contributed by atoms with Crippen LogP contribution in [0.15, 0.2) is 81.7 Å². The smallest absolute Gasteiger partial charge is 0.287 e. The molecule has 0 bridgehead atoms. The van der Waals surface area contributed by atoms with Crippen molar-refractivity contribution in [3.05, 3.63) is 94.2 Å². The molecule has 0 unspecified atom stereocenters. The van der Waals surface area contributed by atoms with E-state index >= 15 is 0 Å². The van der Waals surface area contributed by atoms with E-state index in [0.717, 1.165) is 32.5 Å². The van der Waals surface area contributed by atoms with Crippen LogP contribution in [-0.4, -0.2) is 5.91 Å². The number of aryl methyl sites for hydroxylation is 1. The average molecular weight is 436 g/mol. The summed E-state index contributed by atoms with van der Waals surface area (Å²) in [5.74, 6) is 1.65. The maximum Gasteiger partial charge on any atom is 0.287 e. The molecule has 4 nitrogen and oxygen atoms in total. The summed E-state index contributed by atoms with van der Waals surface area (Å²) in [6, 6.07) is 23.0. The second-order valence-electron chi connectivity index (χ2n) is 6.44. The molecule has 0 radical (unpaired) electrons. The third-order valence-corrected chi connectivity index (χ3v) is 4.95. The van der Waals surface area contributed by atoms with E-state index in [1.165, 1.54) is 0 Å². The highest BCUT2D eigenvalue weighted by Gasteiger charge is 2.17. The van der Waals surface area contributed by atoms with Gasteiger partial charge in [0.05, 0.1) is 0 Å². The molecule has 1 N–H and O–H groups in total. The van der Waals surface area contributed by atoms with E-state index in [9.17, 15) is 4.79 Å². The molecule has 0 aliphatic heterocycles. The fourth-order valence-electron chi connectivity index (χ4n) is 2.97. The number of fused-ring (bicyclic) bond motifs is 1. The molecule has 0 fully saturated rings. The summed E-state index contributed by atoms with van der Waals surface area (Å²) in [7, 11) is 0. The molecule has 0 saturated heterocycles. The van der Waals surface area contributed by atoms with Gasteiger partial charge in [-0.05, 0) is 55.0 Å². The lowest BCUT2D eigenvalue weighted by Crippen LogP contribution is -2.22. The molecule has 3 aromatic carbocycles. The van der Waals surface area contributed by atoms with Gasteiger partial charge in [-0.1, -0.05) is 46.3 Å². The number of hydrogen-bond donors (Lipinski definition) is 1. The van der Waals surface area contributed by atoms with Gasteiger partial charge in [0, 0.05) is 22.0 Å². The number of rotatable bonds is 5. The zero-order valence-corrected chi connectivity index (χ0v) is 16.8. The summed E-state index contributed by atoms with van der Waals surface area (Å²) in [4.78, 5) is 12.6. The molecule has 1 heterocycles. The first kappa shape index (κ1) is 18.3. The molecule has 0 saturated carbocycles. The maximum absolute atomic E-state index is 12.6. The van der Waals surface area contributed by atoms with Gasteiger partial charge in [-0.25, -0.2) is 0 Å². The highest BCUT2D eigenvalue weighted by atomic mass is 79.9. The van der Waals surface area contributed by atoms with E-state index in [2.05, 4.69) is 21.2 Å². The highest BCUT2D eigenvalue weighted by Crippen LogP contribution is 2.28. The monoisotopic (exact) mass is 435 g/mol. The lowest BCUT2D eigenvalue weighted by atomic mass is 10.1. The van der Waals surface area contributed by atoms with Crippen LogP contribution in [0.4, 0.5) is 0 Å². The summed E-state index contributed by atoms with van der Waals surface area (Å²) in [5.41, 5.74) is 2.51. The van der Waals surface area contributed by atoms with Crippen LogP contribution in [0.1, 0.15) is 21.7 Å². The van der Waals surface area contributed by atoms with E-state index in [1.807, 2.05) is 79.7 Å².